The quantitative estimate of drug-likeness (QED) is 0.144. The maximum Gasteiger partial charge on any atom is 0.326 e. The summed E-state index contributed by atoms with van der Waals surface area (Å²) in [4.78, 5) is 78.4. The van der Waals surface area contributed by atoms with Crippen LogP contribution in [-0.4, -0.2) is 133 Å². The molecule has 3 saturated heterocycles. The highest BCUT2D eigenvalue weighted by Crippen LogP contribution is 2.52. The molecule has 0 unspecified atom stereocenters. The SMILES string of the molecule is CCOC(=O)[C@H](CCc1ccccc1)N[C@@H](C)C(=O)N1CC2(C[C@H]1C(=O)O)SCCS2.CCOC(=O)[C@H](CCc1ccccc1)N[C@@H](C)C(=O)N1[C@H](C(=O)O)C[C@H]2CCCC[C@@H]21. The number of carboxylic acids is 2. The van der Waals surface area contributed by atoms with E-state index in [0.29, 0.717) is 45.1 Å². The number of likely N-dealkylation sites (tertiary alicyclic amines) is 2. The lowest BCUT2D eigenvalue weighted by atomic mass is 9.84. The number of carboxylic acid groups (broad SMARTS) is 2. The highest BCUT2D eigenvalue weighted by atomic mass is 32.2. The summed E-state index contributed by atoms with van der Waals surface area (Å²) in [6.07, 6.45) is 7.22. The van der Waals surface area contributed by atoms with Gasteiger partial charge in [0.15, 0.2) is 0 Å². The van der Waals surface area contributed by atoms with Crippen molar-refractivity contribution in [2.45, 2.75) is 138 Å². The smallest absolute Gasteiger partial charge is 0.326 e. The van der Waals surface area contributed by atoms with E-state index in [0.717, 1.165) is 48.3 Å². The van der Waals surface area contributed by atoms with Gasteiger partial charge in [-0.25, -0.2) is 9.59 Å². The van der Waals surface area contributed by atoms with Crippen molar-refractivity contribution in [2.75, 3.05) is 31.3 Å². The monoisotopic (exact) mass is 896 g/mol. The summed E-state index contributed by atoms with van der Waals surface area (Å²) < 4.78 is 10.2. The molecule has 2 aromatic carbocycles. The molecule has 2 aromatic rings. The Hall–Kier alpha value is -4.12. The van der Waals surface area contributed by atoms with Gasteiger partial charge in [-0.05, 0) is 89.7 Å². The van der Waals surface area contributed by atoms with Gasteiger partial charge in [0.2, 0.25) is 11.8 Å². The summed E-state index contributed by atoms with van der Waals surface area (Å²) in [6.45, 7) is 7.85. The molecule has 4 N–H and O–H groups in total. The van der Waals surface area contributed by atoms with Gasteiger partial charge in [-0.2, -0.15) is 0 Å². The molecular formula is C46H64N4O10S2. The highest BCUT2D eigenvalue weighted by molar-refractivity contribution is 8.21. The van der Waals surface area contributed by atoms with Gasteiger partial charge in [0.05, 0.1) is 29.4 Å². The number of amides is 2. The van der Waals surface area contributed by atoms with Crippen LogP contribution in [0, 0.1) is 5.92 Å². The molecule has 4 fully saturated rings. The van der Waals surface area contributed by atoms with Gasteiger partial charge < -0.3 is 29.5 Å². The zero-order valence-corrected chi connectivity index (χ0v) is 38.0. The molecule has 2 amide bonds. The molecule has 0 bridgehead atoms. The van der Waals surface area contributed by atoms with Crippen LogP contribution in [0.2, 0.25) is 0 Å². The molecule has 0 radical (unpaired) electrons. The fourth-order valence-corrected chi connectivity index (χ4v) is 12.4. The lowest BCUT2D eigenvalue weighted by Crippen LogP contribution is -2.55. The Bertz CT molecular complexity index is 1800. The average Bonchev–Trinajstić information content (AvgIpc) is 4.01. The molecule has 4 aliphatic rings. The van der Waals surface area contributed by atoms with Crippen LogP contribution in [0.25, 0.3) is 0 Å². The summed E-state index contributed by atoms with van der Waals surface area (Å²) in [5.74, 6) is -1.03. The first-order valence-electron chi connectivity index (χ1n) is 22.1. The first kappa shape index (κ1) is 48.9. The fourth-order valence-electron chi connectivity index (χ4n) is 9.15. The number of hydrogen-bond acceptors (Lipinski definition) is 12. The van der Waals surface area contributed by atoms with Crippen molar-refractivity contribution < 1.29 is 48.5 Å². The normalized spacial score (nSPS) is 23.3. The van der Waals surface area contributed by atoms with Gasteiger partial charge in [-0.1, -0.05) is 73.5 Å². The van der Waals surface area contributed by atoms with Crippen LogP contribution in [0.4, 0.5) is 0 Å². The van der Waals surface area contributed by atoms with Crippen molar-refractivity contribution in [3.8, 4) is 0 Å². The number of carbonyl (C=O) groups excluding carboxylic acids is 4. The Kier molecular flexibility index (Phi) is 18.6. The maximum atomic E-state index is 13.4. The van der Waals surface area contributed by atoms with E-state index in [-0.39, 0.29) is 47.0 Å². The molecule has 3 heterocycles. The van der Waals surface area contributed by atoms with E-state index < -0.39 is 54.2 Å². The van der Waals surface area contributed by atoms with Crippen molar-refractivity contribution in [1.82, 2.24) is 20.4 Å². The highest BCUT2D eigenvalue weighted by Gasteiger charge is 2.52. The van der Waals surface area contributed by atoms with E-state index in [1.165, 1.54) is 4.90 Å². The molecule has 340 valence electrons. The molecule has 3 aliphatic heterocycles. The van der Waals surface area contributed by atoms with Crippen molar-refractivity contribution in [2.24, 2.45) is 5.92 Å². The number of aryl methyl sites for hydroxylation is 2. The number of thioether (sulfide) groups is 2. The molecule has 0 aromatic heterocycles. The Morgan fingerprint density at radius 3 is 1.69 bits per heavy atom. The molecular weight excluding hydrogens is 833 g/mol. The summed E-state index contributed by atoms with van der Waals surface area (Å²) in [6, 6.07) is 15.4. The average molecular weight is 897 g/mol. The van der Waals surface area contributed by atoms with Crippen molar-refractivity contribution in [3.05, 3.63) is 71.8 Å². The van der Waals surface area contributed by atoms with E-state index in [9.17, 15) is 39.0 Å². The molecule has 1 saturated carbocycles. The minimum Gasteiger partial charge on any atom is -0.480 e. The second kappa shape index (κ2) is 23.5. The molecule has 16 heteroatoms. The molecule has 1 aliphatic carbocycles. The Labute approximate surface area is 374 Å². The molecule has 8 atom stereocenters. The van der Waals surface area contributed by atoms with E-state index >= 15 is 0 Å². The Balaban J connectivity index is 0.000000234. The first-order chi connectivity index (χ1) is 29.8. The Morgan fingerprint density at radius 1 is 0.726 bits per heavy atom. The summed E-state index contributed by atoms with van der Waals surface area (Å²) >= 11 is 3.50. The van der Waals surface area contributed by atoms with Crippen LogP contribution in [0.3, 0.4) is 0 Å². The van der Waals surface area contributed by atoms with Crippen LogP contribution in [0.5, 0.6) is 0 Å². The largest absolute Gasteiger partial charge is 0.480 e. The molecule has 62 heavy (non-hydrogen) atoms. The number of benzene rings is 2. The molecule has 1 spiro atoms. The predicted octanol–water partition coefficient (Wildman–Crippen LogP) is 5.16. The van der Waals surface area contributed by atoms with Gasteiger partial charge in [-0.3, -0.25) is 29.8 Å². The van der Waals surface area contributed by atoms with Gasteiger partial charge in [0.25, 0.3) is 0 Å². The number of carbonyl (C=O) groups is 6. The van der Waals surface area contributed by atoms with E-state index in [4.69, 9.17) is 9.47 Å². The van der Waals surface area contributed by atoms with Crippen LogP contribution >= 0.6 is 23.5 Å². The van der Waals surface area contributed by atoms with E-state index in [2.05, 4.69) is 10.6 Å². The van der Waals surface area contributed by atoms with E-state index in [1.807, 2.05) is 60.7 Å². The number of esters is 2. The zero-order chi connectivity index (χ0) is 44.8. The van der Waals surface area contributed by atoms with Crippen molar-refractivity contribution in [1.29, 1.82) is 0 Å². The Morgan fingerprint density at radius 2 is 1.21 bits per heavy atom. The van der Waals surface area contributed by atoms with Crippen LogP contribution in [0.1, 0.15) is 90.2 Å². The molecule has 6 rings (SSSR count). The van der Waals surface area contributed by atoms with Crippen LogP contribution in [0.15, 0.2) is 60.7 Å². The second-order valence-electron chi connectivity index (χ2n) is 16.5. The lowest BCUT2D eigenvalue weighted by molar-refractivity contribution is -0.152. The maximum absolute atomic E-state index is 13.4. The lowest BCUT2D eigenvalue weighted by Gasteiger charge is -2.35. The van der Waals surface area contributed by atoms with E-state index in [1.54, 1.807) is 56.1 Å². The van der Waals surface area contributed by atoms with Gasteiger partial charge in [-0.15, -0.1) is 23.5 Å². The van der Waals surface area contributed by atoms with Gasteiger partial charge >= 0.3 is 23.9 Å². The van der Waals surface area contributed by atoms with Crippen LogP contribution < -0.4 is 10.6 Å². The minimum absolute atomic E-state index is 0.0167. The zero-order valence-electron chi connectivity index (χ0n) is 36.4. The van der Waals surface area contributed by atoms with Gasteiger partial charge in [0, 0.05) is 30.5 Å². The minimum atomic E-state index is -0.975. The predicted molar refractivity (Wildman–Crippen MR) is 240 cm³/mol. The third kappa shape index (κ3) is 13.0. The molecule has 14 nitrogen and oxygen atoms in total. The number of nitrogens with one attached hydrogen (secondary N) is 2. The first-order valence-corrected chi connectivity index (χ1v) is 24.0. The summed E-state index contributed by atoms with van der Waals surface area (Å²) in [7, 11) is 0. The summed E-state index contributed by atoms with van der Waals surface area (Å²) in [5, 5.41) is 25.7. The number of aliphatic carboxylic acids is 2. The van der Waals surface area contributed by atoms with Gasteiger partial charge in [0.1, 0.15) is 24.2 Å². The third-order valence-electron chi connectivity index (χ3n) is 12.2. The number of hydrogen-bond donors (Lipinski definition) is 4. The number of ether oxygens (including phenoxy) is 2. The topological polar surface area (TPSA) is 192 Å². The number of nitrogens with zero attached hydrogens (tertiary/aromatic N) is 2. The van der Waals surface area contributed by atoms with Crippen LogP contribution in [-0.2, 0) is 51.1 Å². The third-order valence-corrected chi connectivity index (χ3v) is 15.6. The second-order valence-corrected chi connectivity index (χ2v) is 19.7. The van der Waals surface area contributed by atoms with Crippen molar-refractivity contribution in [3.63, 3.8) is 0 Å². The number of rotatable bonds is 18. The standard InChI is InChI=1S/C24H34N2O5.C22H30N2O5S2/c1-3-31-24(30)19(14-13-17-9-5-4-6-10-17)25-16(2)22(27)26-20-12-8-7-11-18(20)15-21(26)23(28)29;1-3-29-21(28)17(10-9-16-7-5-4-6-8-16)23-15(2)19(25)24-14-22(30-11-12-31-22)13-18(24)20(26)27/h4-6,9-10,16,18-21,25H,3,7-8,11-15H2,1-2H3,(H,28,29);4-8,15,17-18,23H,3,9-14H2,1-2H3,(H,26,27)/t16-,18+,19-,20-,21-;15-,17-,18-/m00/s1. The number of fused-ring (bicyclic) bond motifs is 1. The summed E-state index contributed by atoms with van der Waals surface area (Å²) in [5.41, 5.74) is 2.20. The fraction of sp³-hybridized carbons (Fsp3) is 0.609. The van der Waals surface area contributed by atoms with Crippen molar-refractivity contribution >= 4 is 59.2 Å².